The van der Waals surface area contributed by atoms with Crippen LogP contribution in [0.3, 0.4) is 0 Å². The first-order chi connectivity index (χ1) is 9.02. The zero-order valence-electron chi connectivity index (χ0n) is 11.2. The van der Waals surface area contributed by atoms with Crippen molar-refractivity contribution in [3.8, 4) is 0 Å². The van der Waals surface area contributed by atoms with Gasteiger partial charge in [0.15, 0.2) is 0 Å². The average molecular weight is 267 g/mol. The molecule has 0 aromatic rings. The highest BCUT2D eigenvalue weighted by Crippen LogP contribution is 2.25. The lowest BCUT2D eigenvalue weighted by atomic mass is 9.82. The maximum Gasteiger partial charge on any atom is 0.307 e. The summed E-state index contributed by atoms with van der Waals surface area (Å²) >= 11 is 0. The number of carboxylic acid groups (broad SMARTS) is 1. The van der Waals surface area contributed by atoms with Gasteiger partial charge < -0.3 is 15.2 Å². The lowest BCUT2D eigenvalue weighted by Gasteiger charge is -2.24. The molecule has 0 saturated carbocycles. The molecule has 0 aliphatic heterocycles. The Hall–Kier alpha value is -1.62. The van der Waals surface area contributed by atoms with Crippen LogP contribution < -0.4 is 5.32 Å². The number of hydrogen-bond acceptors (Lipinski definition) is 3. The summed E-state index contributed by atoms with van der Waals surface area (Å²) in [4.78, 5) is 23.0. The number of allylic oxidation sites excluding steroid dienone is 2. The molecular formula is C14H21NO4. The van der Waals surface area contributed by atoms with Crippen LogP contribution in [0.4, 0.5) is 0 Å². The van der Waals surface area contributed by atoms with E-state index in [2.05, 4.69) is 11.9 Å². The average Bonchev–Trinajstić information content (AvgIpc) is 2.37. The molecule has 0 radical (unpaired) electrons. The predicted octanol–water partition coefficient (Wildman–Crippen LogP) is 1.36. The van der Waals surface area contributed by atoms with Crippen LogP contribution in [0, 0.1) is 11.8 Å². The molecule has 106 valence electrons. The van der Waals surface area contributed by atoms with Crippen LogP contribution in [0.15, 0.2) is 24.3 Å². The lowest BCUT2D eigenvalue weighted by molar-refractivity contribution is -0.147. The highest BCUT2D eigenvalue weighted by molar-refractivity contribution is 5.85. The van der Waals surface area contributed by atoms with E-state index in [0.717, 1.165) is 5.57 Å². The van der Waals surface area contributed by atoms with Gasteiger partial charge in [0.25, 0.3) is 0 Å². The van der Waals surface area contributed by atoms with Gasteiger partial charge in [-0.3, -0.25) is 9.59 Å². The van der Waals surface area contributed by atoms with E-state index in [9.17, 15) is 9.59 Å². The summed E-state index contributed by atoms with van der Waals surface area (Å²) in [7, 11) is 0. The first kappa shape index (κ1) is 15.4. The van der Waals surface area contributed by atoms with Gasteiger partial charge in [-0.2, -0.15) is 0 Å². The Labute approximate surface area is 113 Å². The fourth-order valence-electron chi connectivity index (χ4n) is 2.00. The number of amides is 1. The Balaban J connectivity index is 2.33. The predicted molar refractivity (Wildman–Crippen MR) is 71.6 cm³/mol. The van der Waals surface area contributed by atoms with E-state index >= 15 is 0 Å². The number of aliphatic carboxylic acids is 1. The number of carbonyl (C=O) groups is 2. The van der Waals surface area contributed by atoms with Crippen LogP contribution in [-0.2, 0) is 14.3 Å². The zero-order chi connectivity index (χ0) is 14.3. The number of nitrogens with one attached hydrogen (secondary N) is 1. The fraction of sp³-hybridized carbons (Fsp3) is 0.571. The maximum absolute atomic E-state index is 11.9. The molecule has 19 heavy (non-hydrogen) atoms. The van der Waals surface area contributed by atoms with Crippen molar-refractivity contribution in [1.82, 2.24) is 5.32 Å². The molecule has 1 aliphatic carbocycles. The summed E-state index contributed by atoms with van der Waals surface area (Å²) in [6, 6.07) is 0. The molecular weight excluding hydrogens is 246 g/mol. The van der Waals surface area contributed by atoms with Crippen LogP contribution in [0.1, 0.15) is 19.8 Å². The molecule has 5 nitrogen and oxygen atoms in total. The van der Waals surface area contributed by atoms with Crippen LogP contribution >= 0.6 is 0 Å². The normalized spacial score (nSPS) is 21.9. The Bertz CT molecular complexity index is 376. The molecule has 0 fully saturated rings. The van der Waals surface area contributed by atoms with Gasteiger partial charge in [-0.25, -0.2) is 0 Å². The molecule has 1 amide bonds. The van der Waals surface area contributed by atoms with E-state index in [1.54, 1.807) is 0 Å². The summed E-state index contributed by atoms with van der Waals surface area (Å²) in [6.07, 6.45) is 4.58. The Morgan fingerprint density at radius 2 is 2.00 bits per heavy atom. The van der Waals surface area contributed by atoms with Crippen LogP contribution in [0.2, 0.25) is 0 Å². The number of hydrogen-bond donors (Lipinski definition) is 2. The van der Waals surface area contributed by atoms with Crippen LogP contribution in [0.25, 0.3) is 0 Å². The van der Waals surface area contributed by atoms with Gasteiger partial charge in [0, 0.05) is 6.54 Å². The summed E-state index contributed by atoms with van der Waals surface area (Å²) in [5.74, 6) is -2.23. The SMILES string of the molecule is C=C(C)COCCNC(=O)[C@@H]1CC=CC[C@@H]1C(=O)O. The molecule has 1 rings (SSSR count). The maximum atomic E-state index is 11.9. The first-order valence-corrected chi connectivity index (χ1v) is 6.40. The van der Waals surface area contributed by atoms with Crippen LogP contribution in [-0.4, -0.2) is 36.7 Å². The number of carbonyl (C=O) groups excluding carboxylic acids is 1. The lowest BCUT2D eigenvalue weighted by Crippen LogP contribution is -2.40. The van der Waals surface area contributed by atoms with E-state index in [-0.39, 0.29) is 5.91 Å². The van der Waals surface area contributed by atoms with E-state index in [4.69, 9.17) is 9.84 Å². The second kappa shape index (κ2) is 7.74. The van der Waals surface area contributed by atoms with E-state index < -0.39 is 17.8 Å². The molecule has 0 spiro atoms. The standard InChI is InChI=1S/C14H21NO4/c1-10(2)9-19-8-7-15-13(16)11-5-3-4-6-12(11)14(17)18/h3-4,11-12H,1,5-9H2,2H3,(H,15,16)(H,17,18)/t11-,12+/m1/s1. The Morgan fingerprint density at radius 3 is 2.58 bits per heavy atom. The zero-order valence-corrected chi connectivity index (χ0v) is 11.2. The van der Waals surface area contributed by atoms with Gasteiger partial charge in [0.2, 0.25) is 5.91 Å². The highest BCUT2D eigenvalue weighted by atomic mass is 16.5. The quantitative estimate of drug-likeness (QED) is 0.539. The molecule has 2 N–H and O–H groups in total. The van der Waals surface area contributed by atoms with Crippen molar-refractivity contribution in [2.24, 2.45) is 11.8 Å². The molecule has 0 saturated heterocycles. The first-order valence-electron chi connectivity index (χ1n) is 6.40. The molecule has 0 aromatic carbocycles. The number of carboxylic acids is 1. The van der Waals surface area contributed by atoms with Gasteiger partial charge in [0.05, 0.1) is 25.0 Å². The topological polar surface area (TPSA) is 75.6 Å². The van der Waals surface area contributed by atoms with Gasteiger partial charge in [-0.15, -0.1) is 0 Å². The molecule has 0 aromatic heterocycles. The summed E-state index contributed by atoms with van der Waals surface area (Å²) in [5.41, 5.74) is 0.926. The fourth-order valence-corrected chi connectivity index (χ4v) is 2.00. The summed E-state index contributed by atoms with van der Waals surface area (Å²) < 4.78 is 5.26. The van der Waals surface area contributed by atoms with Crippen LogP contribution in [0.5, 0.6) is 0 Å². The molecule has 1 aliphatic rings. The van der Waals surface area contributed by atoms with Gasteiger partial charge in [0.1, 0.15) is 0 Å². The van der Waals surface area contributed by atoms with Crippen molar-refractivity contribution in [2.45, 2.75) is 19.8 Å². The molecule has 2 atom stereocenters. The minimum Gasteiger partial charge on any atom is -0.481 e. The smallest absolute Gasteiger partial charge is 0.307 e. The summed E-state index contributed by atoms with van der Waals surface area (Å²) in [6.45, 7) is 6.83. The van der Waals surface area contributed by atoms with Crippen molar-refractivity contribution in [3.63, 3.8) is 0 Å². The third-order valence-electron chi connectivity index (χ3n) is 2.98. The van der Waals surface area contributed by atoms with E-state index in [1.165, 1.54) is 0 Å². The number of ether oxygens (including phenoxy) is 1. The van der Waals surface area contributed by atoms with Gasteiger partial charge in [-0.1, -0.05) is 24.3 Å². The van der Waals surface area contributed by atoms with E-state index in [1.807, 2.05) is 19.1 Å². The molecule has 0 unspecified atom stereocenters. The summed E-state index contributed by atoms with van der Waals surface area (Å²) in [5, 5.41) is 11.8. The van der Waals surface area contributed by atoms with Crippen molar-refractivity contribution in [2.75, 3.05) is 19.8 Å². The van der Waals surface area contributed by atoms with Gasteiger partial charge in [-0.05, 0) is 19.8 Å². The Kier molecular flexibility index (Phi) is 6.29. The Morgan fingerprint density at radius 1 is 1.37 bits per heavy atom. The third-order valence-corrected chi connectivity index (χ3v) is 2.98. The minimum atomic E-state index is -0.914. The highest BCUT2D eigenvalue weighted by Gasteiger charge is 2.33. The third kappa shape index (κ3) is 5.26. The monoisotopic (exact) mass is 267 g/mol. The number of rotatable bonds is 7. The van der Waals surface area contributed by atoms with E-state index in [0.29, 0.717) is 32.6 Å². The molecule has 0 bridgehead atoms. The largest absolute Gasteiger partial charge is 0.481 e. The molecule has 5 heteroatoms. The van der Waals surface area contributed by atoms with Gasteiger partial charge >= 0.3 is 5.97 Å². The van der Waals surface area contributed by atoms with Crippen molar-refractivity contribution < 1.29 is 19.4 Å². The minimum absolute atomic E-state index is 0.212. The second-order valence-electron chi connectivity index (χ2n) is 4.79. The second-order valence-corrected chi connectivity index (χ2v) is 4.79. The van der Waals surface area contributed by atoms with Crippen molar-refractivity contribution in [1.29, 1.82) is 0 Å². The van der Waals surface area contributed by atoms with Crippen molar-refractivity contribution >= 4 is 11.9 Å². The molecule has 0 heterocycles. The van der Waals surface area contributed by atoms with Crippen molar-refractivity contribution in [3.05, 3.63) is 24.3 Å².